The lowest BCUT2D eigenvalue weighted by Gasteiger charge is -2.27. The topological polar surface area (TPSA) is 122 Å². The fourth-order valence-electron chi connectivity index (χ4n) is 3.07. The third kappa shape index (κ3) is 3.48. The number of hydrogen-bond donors (Lipinski definition) is 1. The molecule has 1 N–H and O–H groups in total. The van der Waals surface area contributed by atoms with Crippen LogP contribution in [0.4, 0.5) is 10.5 Å². The van der Waals surface area contributed by atoms with Crippen LogP contribution in [0.5, 0.6) is 5.75 Å². The van der Waals surface area contributed by atoms with E-state index >= 15 is 0 Å². The Hall–Kier alpha value is -3.80. The number of allylic oxidation sites excluding steroid dienone is 1. The van der Waals surface area contributed by atoms with E-state index in [1.807, 2.05) is 0 Å². The number of methoxy groups -OCH3 is 2. The zero-order valence-corrected chi connectivity index (χ0v) is 17.2. The number of nitrogens with zero attached hydrogens (tertiary/aromatic N) is 2. The average molecular weight is 411 g/mol. The molecule has 0 radical (unpaired) electrons. The molecule has 0 bridgehead atoms. The molecule has 0 spiro atoms. The highest BCUT2D eigenvalue weighted by molar-refractivity contribution is 6.05. The fourth-order valence-corrected chi connectivity index (χ4v) is 3.07. The van der Waals surface area contributed by atoms with E-state index in [2.05, 4.69) is 11.1 Å². The van der Waals surface area contributed by atoms with Gasteiger partial charge in [-0.2, -0.15) is 5.26 Å². The molecule has 1 aromatic heterocycles. The number of nitrogens with one attached hydrogen (secondary N) is 1. The molecule has 3 rings (SSSR count). The van der Waals surface area contributed by atoms with E-state index in [0.29, 0.717) is 22.2 Å². The second-order valence-corrected chi connectivity index (χ2v) is 7.70. The number of esters is 2. The minimum Gasteiger partial charge on any atom is -0.464 e. The van der Waals surface area contributed by atoms with Gasteiger partial charge in [0.1, 0.15) is 5.69 Å². The van der Waals surface area contributed by atoms with Crippen molar-refractivity contribution in [2.45, 2.75) is 26.7 Å². The Labute approximate surface area is 172 Å². The number of carbonyl (C=O) groups excluding carboxylic acids is 3. The van der Waals surface area contributed by atoms with Crippen molar-refractivity contribution in [3.05, 3.63) is 35.7 Å². The molecule has 156 valence electrons. The van der Waals surface area contributed by atoms with Crippen LogP contribution in [-0.4, -0.2) is 37.2 Å². The maximum absolute atomic E-state index is 12.5. The highest BCUT2D eigenvalue weighted by Gasteiger charge is 2.32. The molecule has 1 atom stereocenters. The van der Waals surface area contributed by atoms with Gasteiger partial charge in [-0.15, -0.1) is 0 Å². The van der Waals surface area contributed by atoms with Crippen molar-refractivity contribution in [1.82, 2.24) is 4.98 Å². The number of ether oxygens (including phenoxy) is 3. The van der Waals surface area contributed by atoms with Gasteiger partial charge in [0.15, 0.2) is 5.75 Å². The smallest absolute Gasteiger partial charge is 0.418 e. The summed E-state index contributed by atoms with van der Waals surface area (Å²) in [6.45, 7) is 5.11. The molecule has 1 aromatic carbocycles. The zero-order chi connectivity index (χ0) is 22.2. The van der Waals surface area contributed by atoms with Crippen LogP contribution in [0.1, 0.15) is 42.7 Å². The predicted octanol–water partition coefficient (Wildman–Crippen LogP) is 3.61. The summed E-state index contributed by atoms with van der Waals surface area (Å²) in [6, 6.07) is 5.15. The minimum atomic E-state index is -0.795. The minimum absolute atomic E-state index is 0.111. The summed E-state index contributed by atoms with van der Waals surface area (Å²) in [6.07, 6.45) is 2.29. The maximum atomic E-state index is 12.5. The first-order valence-corrected chi connectivity index (χ1v) is 9.07. The molecular weight excluding hydrogens is 390 g/mol. The third-order valence-electron chi connectivity index (χ3n) is 4.63. The number of benzene rings is 1. The largest absolute Gasteiger partial charge is 0.464 e. The first kappa shape index (κ1) is 20.9. The van der Waals surface area contributed by atoms with Crippen LogP contribution in [0, 0.1) is 16.7 Å². The molecule has 0 fully saturated rings. The van der Waals surface area contributed by atoms with Gasteiger partial charge in [-0.3, -0.25) is 9.69 Å². The Kier molecular flexibility index (Phi) is 5.27. The molecule has 0 aliphatic carbocycles. The summed E-state index contributed by atoms with van der Waals surface area (Å²) < 4.78 is 15.2. The summed E-state index contributed by atoms with van der Waals surface area (Å²) in [5, 5.41) is 10.1. The normalized spacial score (nSPS) is 15.3. The molecule has 1 unspecified atom stereocenters. The summed E-state index contributed by atoms with van der Waals surface area (Å²) >= 11 is 0. The maximum Gasteiger partial charge on any atom is 0.418 e. The fraction of sp³-hybridized carbons (Fsp3) is 0.333. The Morgan fingerprint density at radius 3 is 2.43 bits per heavy atom. The van der Waals surface area contributed by atoms with Crippen LogP contribution in [0.2, 0.25) is 0 Å². The van der Waals surface area contributed by atoms with Gasteiger partial charge in [0, 0.05) is 23.2 Å². The van der Waals surface area contributed by atoms with Crippen molar-refractivity contribution in [3.63, 3.8) is 0 Å². The van der Waals surface area contributed by atoms with Gasteiger partial charge in [0.05, 0.1) is 42.8 Å². The van der Waals surface area contributed by atoms with E-state index < -0.39 is 29.4 Å². The molecule has 1 amide bonds. The summed E-state index contributed by atoms with van der Waals surface area (Å²) in [4.78, 5) is 41.0. The molecule has 2 aromatic rings. The number of anilines is 1. The third-order valence-corrected chi connectivity index (χ3v) is 4.63. The van der Waals surface area contributed by atoms with Crippen molar-refractivity contribution in [2.75, 3.05) is 19.1 Å². The van der Waals surface area contributed by atoms with E-state index in [1.54, 1.807) is 26.8 Å². The number of carbonyl (C=O) groups is 3. The number of aromatic amines is 1. The van der Waals surface area contributed by atoms with E-state index in [4.69, 9.17) is 14.2 Å². The standard InChI is InChI=1S/C21H21N3O6/c1-21(2,3)19(26)30-15-9-14-16(11(10-22)6-7-24(14)20(27)29-5)12-8-13(18(25)28-4)23-17(12)15/h6-9,11,23H,1-5H3. The molecule has 0 saturated carbocycles. The van der Waals surface area contributed by atoms with Crippen molar-refractivity contribution in [3.8, 4) is 11.8 Å². The van der Waals surface area contributed by atoms with Crippen LogP contribution >= 0.6 is 0 Å². The second kappa shape index (κ2) is 7.55. The monoisotopic (exact) mass is 411 g/mol. The molecule has 0 saturated heterocycles. The Bertz CT molecular complexity index is 1120. The highest BCUT2D eigenvalue weighted by Crippen LogP contribution is 2.44. The molecule has 30 heavy (non-hydrogen) atoms. The van der Waals surface area contributed by atoms with Gasteiger partial charge < -0.3 is 19.2 Å². The zero-order valence-electron chi connectivity index (χ0n) is 17.2. The second-order valence-electron chi connectivity index (χ2n) is 7.70. The number of hydrogen-bond acceptors (Lipinski definition) is 7. The number of amides is 1. The van der Waals surface area contributed by atoms with Crippen molar-refractivity contribution in [1.29, 1.82) is 5.26 Å². The van der Waals surface area contributed by atoms with Crippen molar-refractivity contribution < 1.29 is 28.6 Å². The Morgan fingerprint density at radius 2 is 1.87 bits per heavy atom. The summed E-state index contributed by atoms with van der Waals surface area (Å²) in [5.41, 5.74) is 0.451. The molecular formula is C21H21N3O6. The van der Waals surface area contributed by atoms with E-state index in [9.17, 15) is 19.6 Å². The van der Waals surface area contributed by atoms with Crippen LogP contribution in [0.15, 0.2) is 24.4 Å². The molecule has 2 heterocycles. The first-order chi connectivity index (χ1) is 14.1. The van der Waals surface area contributed by atoms with Gasteiger partial charge in [-0.1, -0.05) is 0 Å². The van der Waals surface area contributed by atoms with Gasteiger partial charge in [-0.05, 0) is 32.9 Å². The van der Waals surface area contributed by atoms with Gasteiger partial charge in [0.2, 0.25) is 0 Å². The lowest BCUT2D eigenvalue weighted by molar-refractivity contribution is -0.142. The Balaban J connectivity index is 2.33. The number of rotatable bonds is 2. The van der Waals surface area contributed by atoms with E-state index in [1.165, 1.54) is 37.5 Å². The number of fused-ring (bicyclic) bond motifs is 3. The molecule has 1 aliphatic heterocycles. The first-order valence-electron chi connectivity index (χ1n) is 9.07. The number of aromatic nitrogens is 1. The predicted molar refractivity (Wildman–Crippen MR) is 107 cm³/mol. The lowest BCUT2D eigenvalue weighted by atomic mass is 9.91. The number of H-pyrrole nitrogens is 1. The molecule has 1 aliphatic rings. The summed E-state index contributed by atoms with van der Waals surface area (Å²) in [5.74, 6) is -1.72. The van der Waals surface area contributed by atoms with Gasteiger partial charge in [-0.25, -0.2) is 9.59 Å². The van der Waals surface area contributed by atoms with Crippen molar-refractivity contribution in [2.24, 2.45) is 5.41 Å². The summed E-state index contributed by atoms with van der Waals surface area (Å²) in [7, 11) is 2.47. The van der Waals surface area contributed by atoms with Gasteiger partial charge >= 0.3 is 18.0 Å². The van der Waals surface area contributed by atoms with Crippen LogP contribution < -0.4 is 9.64 Å². The molecule has 9 nitrogen and oxygen atoms in total. The lowest BCUT2D eigenvalue weighted by Crippen LogP contribution is -2.29. The van der Waals surface area contributed by atoms with Gasteiger partial charge in [0.25, 0.3) is 0 Å². The highest BCUT2D eigenvalue weighted by atomic mass is 16.5. The average Bonchev–Trinajstić information content (AvgIpc) is 3.16. The number of nitriles is 1. The van der Waals surface area contributed by atoms with E-state index in [-0.39, 0.29) is 11.4 Å². The Morgan fingerprint density at radius 1 is 1.17 bits per heavy atom. The molecule has 9 heteroatoms. The quantitative estimate of drug-likeness (QED) is 0.592. The van der Waals surface area contributed by atoms with Crippen LogP contribution in [-0.2, 0) is 14.3 Å². The SMILES string of the molecule is COC(=O)c1cc2c3c(cc(OC(=O)C(C)(C)C)c2[nH]1)N(C(=O)OC)C=CC3C#N. The van der Waals surface area contributed by atoms with E-state index in [0.717, 1.165) is 0 Å². The van der Waals surface area contributed by atoms with Crippen LogP contribution in [0.25, 0.3) is 10.9 Å². The van der Waals surface area contributed by atoms with Crippen LogP contribution in [0.3, 0.4) is 0 Å². The van der Waals surface area contributed by atoms with Crippen molar-refractivity contribution >= 4 is 34.6 Å².